The normalized spacial score (nSPS) is 11.6. The molecule has 0 radical (unpaired) electrons. The SMILES string of the molecule is CC(C)(C)c1cc(NC(=O)Cc2cncc3ccccc23)n[nH]1. The van der Waals surface area contributed by atoms with E-state index in [1.807, 2.05) is 30.3 Å². The van der Waals surface area contributed by atoms with Gasteiger partial charge in [-0.15, -0.1) is 0 Å². The summed E-state index contributed by atoms with van der Waals surface area (Å²) >= 11 is 0. The lowest BCUT2D eigenvalue weighted by atomic mass is 9.92. The fraction of sp³-hybridized carbons (Fsp3) is 0.278. The number of aromatic amines is 1. The van der Waals surface area contributed by atoms with Crippen LogP contribution in [0.5, 0.6) is 0 Å². The quantitative estimate of drug-likeness (QED) is 0.778. The molecule has 0 spiro atoms. The standard InChI is InChI=1S/C18H20N4O/c1-18(2,3)15-9-16(22-21-15)20-17(23)8-13-11-19-10-12-6-4-5-7-14(12)13/h4-7,9-11H,8H2,1-3H3,(H2,20,21,22,23). The lowest BCUT2D eigenvalue weighted by Crippen LogP contribution is -2.15. The van der Waals surface area contributed by atoms with Crippen molar-refractivity contribution in [1.29, 1.82) is 0 Å². The van der Waals surface area contributed by atoms with Gasteiger partial charge in [0.15, 0.2) is 5.82 Å². The van der Waals surface area contributed by atoms with Crippen LogP contribution in [0.4, 0.5) is 5.82 Å². The number of H-pyrrole nitrogens is 1. The van der Waals surface area contributed by atoms with Crippen LogP contribution in [0.25, 0.3) is 10.8 Å². The van der Waals surface area contributed by atoms with E-state index in [1.54, 1.807) is 12.4 Å². The van der Waals surface area contributed by atoms with E-state index in [2.05, 4.69) is 41.3 Å². The monoisotopic (exact) mass is 308 g/mol. The second-order valence-corrected chi connectivity index (χ2v) is 6.66. The Bertz CT molecular complexity index is 840. The zero-order valence-corrected chi connectivity index (χ0v) is 13.6. The highest BCUT2D eigenvalue weighted by atomic mass is 16.1. The molecule has 0 aliphatic heterocycles. The van der Waals surface area contributed by atoms with E-state index in [4.69, 9.17) is 0 Å². The van der Waals surface area contributed by atoms with Crippen LogP contribution in [-0.2, 0) is 16.6 Å². The molecule has 0 aliphatic carbocycles. The smallest absolute Gasteiger partial charge is 0.230 e. The molecule has 0 aliphatic rings. The van der Waals surface area contributed by atoms with E-state index in [1.165, 1.54) is 0 Å². The molecule has 2 N–H and O–H groups in total. The Balaban J connectivity index is 1.75. The van der Waals surface area contributed by atoms with Gasteiger partial charge in [-0.05, 0) is 10.9 Å². The van der Waals surface area contributed by atoms with Crippen molar-refractivity contribution in [3.63, 3.8) is 0 Å². The number of hydrogen-bond donors (Lipinski definition) is 2. The van der Waals surface area contributed by atoms with E-state index in [0.29, 0.717) is 5.82 Å². The van der Waals surface area contributed by atoms with Crippen LogP contribution in [0.3, 0.4) is 0 Å². The molecule has 0 saturated carbocycles. The van der Waals surface area contributed by atoms with Gasteiger partial charge in [-0.25, -0.2) is 0 Å². The maximum Gasteiger partial charge on any atom is 0.230 e. The molecule has 0 atom stereocenters. The maximum atomic E-state index is 12.3. The predicted molar refractivity (Wildman–Crippen MR) is 91.4 cm³/mol. The zero-order valence-electron chi connectivity index (χ0n) is 13.6. The average molecular weight is 308 g/mol. The van der Waals surface area contributed by atoms with E-state index >= 15 is 0 Å². The molecule has 118 valence electrons. The van der Waals surface area contributed by atoms with Gasteiger partial charge in [-0.3, -0.25) is 14.9 Å². The van der Waals surface area contributed by atoms with Crippen LogP contribution in [0.15, 0.2) is 42.7 Å². The minimum Gasteiger partial charge on any atom is -0.309 e. The second kappa shape index (κ2) is 5.83. The number of anilines is 1. The molecule has 23 heavy (non-hydrogen) atoms. The summed E-state index contributed by atoms with van der Waals surface area (Å²) in [5, 5.41) is 12.0. The summed E-state index contributed by atoms with van der Waals surface area (Å²) in [7, 11) is 0. The maximum absolute atomic E-state index is 12.3. The third kappa shape index (κ3) is 3.39. The van der Waals surface area contributed by atoms with Crippen LogP contribution < -0.4 is 5.32 Å². The van der Waals surface area contributed by atoms with Gasteiger partial charge in [0.25, 0.3) is 0 Å². The molecule has 2 heterocycles. The average Bonchev–Trinajstić information content (AvgIpc) is 2.96. The van der Waals surface area contributed by atoms with E-state index < -0.39 is 0 Å². The first kappa shape index (κ1) is 15.2. The van der Waals surface area contributed by atoms with Crippen molar-refractivity contribution in [3.8, 4) is 0 Å². The Hall–Kier alpha value is -2.69. The van der Waals surface area contributed by atoms with Gasteiger partial charge in [-0.2, -0.15) is 5.10 Å². The van der Waals surface area contributed by atoms with Gasteiger partial charge in [0.05, 0.1) is 6.42 Å². The van der Waals surface area contributed by atoms with E-state index in [0.717, 1.165) is 22.0 Å². The number of benzene rings is 1. The van der Waals surface area contributed by atoms with Gasteiger partial charge in [0.2, 0.25) is 5.91 Å². The van der Waals surface area contributed by atoms with Crippen molar-refractivity contribution in [3.05, 3.63) is 54.0 Å². The first-order chi connectivity index (χ1) is 10.9. The summed E-state index contributed by atoms with van der Waals surface area (Å²) in [5.41, 5.74) is 1.86. The summed E-state index contributed by atoms with van der Waals surface area (Å²) in [6, 6.07) is 9.80. The van der Waals surface area contributed by atoms with Crippen molar-refractivity contribution in [2.45, 2.75) is 32.6 Å². The predicted octanol–water partition coefficient (Wildman–Crippen LogP) is 3.44. The largest absolute Gasteiger partial charge is 0.309 e. The lowest BCUT2D eigenvalue weighted by Gasteiger charge is -2.14. The zero-order chi connectivity index (χ0) is 16.4. The number of aromatic nitrogens is 3. The number of carbonyl (C=O) groups excluding carboxylic acids is 1. The Morgan fingerprint density at radius 1 is 1.22 bits per heavy atom. The molecule has 1 amide bonds. The topological polar surface area (TPSA) is 70.7 Å². The van der Waals surface area contributed by atoms with E-state index in [9.17, 15) is 4.79 Å². The summed E-state index contributed by atoms with van der Waals surface area (Å²) in [5.74, 6) is 0.447. The first-order valence-electron chi connectivity index (χ1n) is 7.61. The Morgan fingerprint density at radius 2 is 2.00 bits per heavy atom. The fourth-order valence-electron chi connectivity index (χ4n) is 2.45. The number of nitrogens with zero attached hydrogens (tertiary/aromatic N) is 2. The summed E-state index contributed by atoms with van der Waals surface area (Å²) in [4.78, 5) is 16.5. The molecule has 3 rings (SSSR count). The third-order valence-electron chi connectivity index (χ3n) is 3.76. The van der Waals surface area contributed by atoms with Crippen LogP contribution in [0, 0.1) is 0 Å². The number of carbonyl (C=O) groups is 1. The molecular weight excluding hydrogens is 288 g/mol. The molecule has 1 aromatic carbocycles. The van der Waals surface area contributed by atoms with Gasteiger partial charge >= 0.3 is 0 Å². The summed E-state index contributed by atoms with van der Waals surface area (Å²) < 4.78 is 0. The Labute approximate surface area is 135 Å². The molecule has 2 aromatic heterocycles. The number of nitrogens with one attached hydrogen (secondary N) is 2. The Kier molecular flexibility index (Phi) is 3.86. The van der Waals surface area contributed by atoms with Crippen molar-refractivity contribution >= 4 is 22.5 Å². The third-order valence-corrected chi connectivity index (χ3v) is 3.76. The minimum absolute atomic E-state index is 0.0322. The number of rotatable bonds is 3. The molecule has 0 bridgehead atoms. The van der Waals surface area contributed by atoms with Crippen molar-refractivity contribution in [2.75, 3.05) is 5.32 Å². The minimum atomic E-state index is -0.102. The van der Waals surface area contributed by atoms with Crippen LogP contribution >= 0.6 is 0 Å². The van der Waals surface area contributed by atoms with Gasteiger partial charge in [-0.1, -0.05) is 45.0 Å². The van der Waals surface area contributed by atoms with Gasteiger partial charge in [0, 0.05) is 35.0 Å². The molecular formula is C18H20N4O. The van der Waals surface area contributed by atoms with Crippen LogP contribution in [0.1, 0.15) is 32.0 Å². The summed E-state index contributed by atoms with van der Waals surface area (Å²) in [6.07, 6.45) is 3.82. The highest BCUT2D eigenvalue weighted by molar-refractivity contribution is 5.95. The van der Waals surface area contributed by atoms with Gasteiger partial charge in [0.1, 0.15) is 0 Å². The molecule has 0 saturated heterocycles. The molecule has 0 unspecified atom stereocenters. The number of pyridine rings is 1. The number of fused-ring (bicyclic) bond motifs is 1. The summed E-state index contributed by atoms with van der Waals surface area (Å²) in [6.45, 7) is 6.27. The molecule has 5 heteroatoms. The van der Waals surface area contributed by atoms with Crippen LogP contribution in [0.2, 0.25) is 0 Å². The number of amides is 1. The van der Waals surface area contributed by atoms with Crippen molar-refractivity contribution < 1.29 is 4.79 Å². The van der Waals surface area contributed by atoms with Gasteiger partial charge < -0.3 is 5.32 Å². The fourth-order valence-corrected chi connectivity index (χ4v) is 2.45. The Morgan fingerprint density at radius 3 is 2.74 bits per heavy atom. The van der Waals surface area contributed by atoms with E-state index in [-0.39, 0.29) is 17.7 Å². The first-order valence-corrected chi connectivity index (χ1v) is 7.61. The second-order valence-electron chi connectivity index (χ2n) is 6.66. The molecule has 3 aromatic rings. The van der Waals surface area contributed by atoms with Crippen molar-refractivity contribution in [1.82, 2.24) is 15.2 Å². The highest BCUT2D eigenvalue weighted by Gasteiger charge is 2.17. The highest BCUT2D eigenvalue weighted by Crippen LogP contribution is 2.22. The molecule has 0 fully saturated rings. The number of hydrogen-bond acceptors (Lipinski definition) is 3. The van der Waals surface area contributed by atoms with Crippen molar-refractivity contribution in [2.24, 2.45) is 0 Å². The lowest BCUT2D eigenvalue weighted by molar-refractivity contribution is -0.115. The molecule has 5 nitrogen and oxygen atoms in total. The van der Waals surface area contributed by atoms with Crippen LogP contribution in [-0.4, -0.2) is 21.1 Å².